The minimum absolute atomic E-state index is 0.0379. The third-order valence-electron chi connectivity index (χ3n) is 3.84. The third-order valence-corrected chi connectivity index (χ3v) is 4.19. The molecule has 1 aromatic rings. The van der Waals surface area contributed by atoms with Gasteiger partial charge in [0.2, 0.25) is 0 Å². The molecule has 2 amide bonds. The van der Waals surface area contributed by atoms with Gasteiger partial charge in [0.1, 0.15) is 6.61 Å². The standard InChI is InChI=1S/C14H17ClN2O2/c15-8-12-6-7-13-9-16(12)14(18)17(13)19-10-11-4-2-1-3-5-11/h1-5,12-13H,6-10H2/t12-,13+/m0/s1. The van der Waals surface area contributed by atoms with Crippen molar-refractivity contribution in [1.29, 1.82) is 0 Å². The van der Waals surface area contributed by atoms with Crippen LogP contribution in [0.2, 0.25) is 0 Å². The summed E-state index contributed by atoms with van der Waals surface area (Å²) in [6.07, 6.45) is 1.93. The van der Waals surface area contributed by atoms with E-state index in [9.17, 15) is 4.79 Å². The summed E-state index contributed by atoms with van der Waals surface area (Å²) in [5.41, 5.74) is 1.07. The summed E-state index contributed by atoms with van der Waals surface area (Å²) < 4.78 is 0. The largest absolute Gasteiger partial charge is 0.344 e. The molecule has 5 heteroatoms. The Labute approximate surface area is 117 Å². The zero-order valence-electron chi connectivity index (χ0n) is 10.7. The van der Waals surface area contributed by atoms with Crippen molar-refractivity contribution in [2.45, 2.75) is 31.5 Å². The van der Waals surface area contributed by atoms with Crippen molar-refractivity contribution in [1.82, 2.24) is 9.96 Å². The number of hydrogen-bond acceptors (Lipinski definition) is 2. The van der Waals surface area contributed by atoms with Gasteiger partial charge in [-0.2, -0.15) is 5.06 Å². The van der Waals surface area contributed by atoms with Gasteiger partial charge in [-0.3, -0.25) is 4.84 Å². The molecule has 1 aromatic carbocycles. The summed E-state index contributed by atoms with van der Waals surface area (Å²) >= 11 is 5.91. The van der Waals surface area contributed by atoms with Crippen LogP contribution in [0.4, 0.5) is 4.79 Å². The van der Waals surface area contributed by atoms with Crippen LogP contribution in [0.1, 0.15) is 18.4 Å². The molecule has 102 valence electrons. The van der Waals surface area contributed by atoms with Gasteiger partial charge in [0.15, 0.2) is 0 Å². The summed E-state index contributed by atoms with van der Waals surface area (Å²) in [6.45, 7) is 1.17. The van der Waals surface area contributed by atoms with Crippen LogP contribution in [0, 0.1) is 0 Å². The van der Waals surface area contributed by atoms with Crippen LogP contribution >= 0.6 is 11.6 Å². The van der Waals surface area contributed by atoms with Gasteiger partial charge in [-0.15, -0.1) is 11.6 Å². The molecule has 2 fully saturated rings. The molecule has 0 aromatic heterocycles. The van der Waals surface area contributed by atoms with E-state index in [1.807, 2.05) is 35.2 Å². The van der Waals surface area contributed by atoms with Crippen molar-refractivity contribution >= 4 is 17.6 Å². The zero-order valence-corrected chi connectivity index (χ0v) is 11.4. The molecule has 0 spiro atoms. The number of halogens is 1. The first-order valence-electron chi connectivity index (χ1n) is 6.62. The van der Waals surface area contributed by atoms with Gasteiger partial charge in [-0.05, 0) is 18.4 Å². The van der Waals surface area contributed by atoms with Crippen LogP contribution < -0.4 is 0 Å². The molecular weight excluding hydrogens is 264 g/mol. The number of hydroxylamine groups is 2. The van der Waals surface area contributed by atoms with Crippen LogP contribution in [0.5, 0.6) is 0 Å². The van der Waals surface area contributed by atoms with Crippen molar-refractivity contribution in [3.05, 3.63) is 35.9 Å². The smallest absolute Gasteiger partial charge is 0.317 e. The number of amides is 2. The SMILES string of the molecule is O=C1N2C[C@@H](CC[C@H]2CCl)N1OCc1ccccc1. The Morgan fingerprint density at radius 2 is 2.05 bits per heavy atom. The van der Waals surface area contributed by atoms with Gasteiger partial charge in [0.05, 0.1) is 6.04 Å². The van der Waals surface area contributed by atoms with E-state index < -0.39 is 0 Å². The highest BCUT2D eigenvalue weighted by atomic mass is 35.5. The van der Waals surface area contributed by atoms with Gasteiger partial charge >= 0.3 is 6.03 Å². The summed E-state index contributed by atoms with van der Waals surface area (Å²) in [7, 11) is 0. The fourth-order valence-electron chi connectivity index (χ4n) is 2.76. The molecule has 0 unspecified atom stereocenters. The van der Waals surface area contributed by atoms with E-state index in [-0.39, 0.29) is 18.1 Å². The van der Waals surface area contributed by atoms with Gasteiger partial charge in [-0.25, -0.2) is 4.79 Å². The number of carbonyl (C=O) groups is 1. The summed E-state index contributed by atoms with van der Waals surface area (Å²) in [6, 6.07) is 10.2. The second-order valence-corrected chi connectivity index (χ2v) is 5.37. The first-order chi connectivity index (χ1) is 9.29. The molecular formula is C14H17ClN2O2. The van der Waals surface area contributed by atoms with Gasteiger partial charge in [0.25, 0.3) is 0 Å². The number of alkyl halides is 1. The number of benzene rings is 1. The van der Waals surface area contributed by atoms with Gasteiger partial charge < -0.3 is 4.90 Å². The second kappa shape index (κ2) is 5.39. The quantitative estimate of drug-likeness (QED) is 0.794. The van der Waals surface area contributed by atoms with E-state index in [1.54, 1.807) is 5.06 Å². The highest BCUT2D eigenvalue weighted by Gasteiger charge is 2.45. The number of fused-ring (bicyclic) bond motifs is 2. The van der Waals surface area contributed by atoms with E-state index in [1.165, 1.54) is 0 Å². The molecule has 0 aliphatic carbocycles. The normalized spacial score (nSPS) is 26.1. The molecule has 2 aliphatic heterocycles. The second-order valence-electron chi connectivity index (χ2n) is 5.06. The van der Waals surface area contributed by atoms with Crippen molar-refractivity contribution in [2.24, 2.45) is 0 Å². The number of nitrogens with zero attached hydrogens (tertiary/aromatic N) is 2. The lowest BCUT2D eigenvalue weighted by molar-refractivity contribution is -0.140. The highest BCUT2D eigenvalue weighted by Crippen LogP contribution is 2.30. The number of urea groups is 1. The molecule has 0 N–H and O–H groups in total. The van der Waals surface area contributed by atoms with Crippen molar-refractivity contribution < 1.29 is 9.63 Å². The summed E-state index contributed by atoms with van der Waals surface area (Å²) in [5.74, 6) is 0.505. The molecule has 0 radical (unpaired) electrons. The van der Waals surface area contributed by atoms with Gasteiger partial charge in [0, 0.05) is 18.5 Å². The molecule has 3 rings (SSSR count). The highest BCUT2D eigenvalue weighted by molar-refractivity contribution is 6.18. The lowest BCUT2D eigenvalue weighted by Crippen LogP contribution is -2.41. The third kappa shape index (κ3) is 2.42. The Morgan fingerprint density at radius 1 is 1.26 bits per heavy atom. The predicted molar refractivity (Wildman–Crippen MR) is 72.7 cm³/mol. The number of piperidine rings is 1. The average molecular weight is 281 g/mol. The number of rotatable bonds is 4. The lowest BCUT2D eigenvalue weighted by Gasteiger charge is -2.28. The molecule has 2 saturated heterocycles. The van der Waals surface area contributed by atoms with Crippen LogP contribution in [0.25, 0.3) is 0 Å². The Kier molecular flexibility index (Phi) is 3.62. The van der Waals surface area contributed by atoms with E-state index in [2.05, 4.69) is 0 Å². The van der Waals surface area contributed by atoms with E-state index >= 15 is 0 Å². The maximum absolute atomic E-state index is 12.2. The van der Waals surface area contributed by atoms with Crippen molar-refractivity contribution in [3.63, 3.8) is 0 Å². The monoisotopic (exact) mass is 280 g/mol. The molecule has 2 atom stereocenters. The molecule has 2 heterocycles. The van der Waals surface area contributed by atoms with Crippen LogP contribution in [0.3, 0.4) is 0 Å². The topological polar surface area (TPSA) is 32.8 Å². The Bertz CT molecular complexity index is 454. The number of carbonyl (C=O) groups excluding carboxylic acids is 1. The molecule has 2 aliphatic rings. The fraction of sp³-hybridized carbons (Fsp3) is 0.500. The van der Waals surface area contributed by atoms with Crippen LogP contribution in [-0.2, 0) is 11.4 Å². The fourth-order valence-corrected chi connectivity index (χ4v) is 3.08. The zero-order chi connectivity index (χ0) is 13.2. The van der Waals surface area contributed by atoms with Crippen LogP contribution in [-0.4, -0.2) is 40.5 Å². The lowest BCUT2D eigenvalue weighted by atomic mass is 10.0. The number of hydrogen-bond donors (Lipinski definition) is 0. The average Bonchev–Trinajstić information content (AvgIpc) is 2.71. The first kappa shape index (κ1) is 12.8. The first-order valence-corrected chi connectivity index (χ1v) is 7.15. The van der Waals surface area contributed by atoms with E-state index in [4.69, 9.17) is 16.4 Å². The minimum atomic E-state index is -0.0379. The molecule has 4 nitrogen and oxygen atoms in total. The maximum atomic E-state index is 12.2. The maximum Gasteiger partial charge on any atom is 0.344 e. The van der Waals surface area contributed by atoms with Crippen molar-refractivity contribution in [3.8, 4) is 0 Å². The van der Waals surface area contributed by atoms with Crippen molar-refractivity contribution in [2.75, 3.05) is 12.4 Å². The molecule has 19 heavy (non-hydrogen) atoms. The Balaban J connectivity index is 1.64. The van der Waals surface area contributed by atoms with Crippen LogP contribution in [0.15, 0.2) is 30.3 Å². The predicted octanol–water partition coefficient (Wildman–Crippen LogP) is 2.63. The summed E-state index contributed by atoms with van der Waals surface area (Å²) in [4.78, 5) is 19.8. The molecule has 0 saturated carbocycles. The molecule has 2 bridgehead atoms. The summed E-state index contributed by atoms with van der Waals surface area (Å²) in [5, 5.41) is 1.54. The Hall–Kier alpha value is -1.26. The minimum Gasteiger partial charge on any atom is -0.317 e. The Morgan fingerprint density at radius 3 is 2.79 bits per heavy atom. The van der Waals surface area contributed by atoms with E-state index in [0.29, 0.717) is 12.5 Å². The van der Waals surface area contributed by atoms with E-state index in [0.717, 1.165) is 24.9 Å². The van der Waals surface area contributed by atoms with Gasteiger partial charge in [-0.1, -0.05) is 30.3 Å².